The second-order valence-corrected chi connectivity index (χ2v) is 6.28. The van der Waals surface area contributed by atoms with Crippen LogP contribution in [0.5, 0.6) is 0 Å². The van der Waals surface area contributed by atoms with Crippen molar-refractivity contribution < 1.29 is 14.3 Å². The number of carbonyl (C=O) groups excluding carboxylic acids is 2. The molecule has 0 unspecified atom stereocenters. The number of aromatic nitrogens is 2. The van der Waals surface area contributed by atoms with Crippen molar-refractivity contribution in [1.29, 1.82) is 0 Å². The Kier molecular flexibility index (Phi) is 6.08. The van der Waals surface area contributed by atoms with Crippen molar-refractivity contribution in [2.75, 3.05) is 38.1 Å². The maximum Gasteiger partial charge on any atom is 0.409 e. The highest BCUT2D eigenvalue weighted by molar-refractivity contribution is 6.33. The number of amides is 2. The smallest absolute Gasteiger partial charge is 0.409 e. The zero-order valence-electron chi connectivity index (χ0n) is 14.9. The van der Waals surface area contributed by atoms with Crippen LogP contribution in [0.1, 0.15) is 17.4 Å². The summed E-state index contributed by atoms with van der Waals surface area (Å²) in [5.41, 5.74) is 0.975. The van der Waals surface area contributed by atoms with Gasteiger partial charge in [-0.05, 0) is 19.1 Å². The van der Waals surface area contributed by atoms with E-state index >= 15 is 0 Å². The Bertz CT molecular complexity index is 824. The second-order valence-electron chi connectivity index (χ2n) is 5.87. The average Bonchev–Trinajstić information content (AvgIpc) is 2.70. The van der Waals surface area contributed by atoms with Crippen molar-refractivity contribution in [3.63, 3.8) is 0 Å². The van der Waals surface area contributed by atoms with Crippen molar-refractivity contribution in [2.45, 2.75) is 6.92 Å². The number of nitrogens with one attached hydrogen (secondary N) is 1. The lowest BCUT2D eigenvalue weighted by Crippen LogP contribution is -2.50. The fraction of sp³-hybridized carbons (Fsp3) is 0.333. The first-order chi connectivity index (χ1) is 13.1. The first kappa shape index (κ1) is 18.9. The maximum atomic E-state index is 12.7. The van der Waals surface area contributed by atoms with Gasteiger partial charge in [-0.3, -0.25) is 4.79 Å². The molecule has 1 saturated heterocycles. The van der Waals surface area contributed by atoms with E-state index in [0.29, 0.717) is 49.3 Å². The molecule has 1 aliphatic heterocycles. The minimum atomic E-state index is -0.349. The third-order valence-electron chi connectivity index (χ3n) is 4.12. The van der Waals surface area contributed by atoms with Crippen LogP contribution in [0.2, 0.25) is 5.02 Å². The van der Waals surface area contributed by atoms with Crippen LogP contribution in [-0.2, 0) is 4.74 Å². The minimum Gasteiger partial charge on any atom is -0.450 e. The molecule has 2 heterocycles. The van der Waals surface area contributed by atoms with E-state index in [1.165, 1.54) is 6.33 Å². The largest absolute Gasteiger partial charge is 0.450 e. The number of ether oxygens (including phenoxy) is 1. The van der Waals surface area contributed by atoms with Gasteiger partial charge in [-0.2, -0.15) is 0 Å². The normalized spacial score (nSPS) is 14.0. The lowest BCUT2D eigenvalue weighted by molar-refractivity contribution is 0.0566. The Balaban J connectivity index is 1.64. The molecule has 1 aromatic heterocycles. The Morgan fingerprint density at radius 1 is 1.15 bits per heavy atom. The summed E-state index contributed by atoms with van der Waals surface area (Å²) in [6, 6.07) is 8.85. The molecular weight excluding hydrogens is 370 g/mol. The Morgan fingerprint density at radius 2 is 1.85 bits per heavy atom. The first-order valence-electron chi connectivity index (χ1n) is 8.63. The van der Waals surface area contributed by atoms with Crippen LogP contribution in [0.3, 0.4) is 0 Å². The van der Waals surface area contributed by atoms with E-state index in [4.69, 9.17) is 16.3 Å². The zero-order chi connectivity index (χ0) is 19.2. The number of hydrogen-bond acceptors (Lipinski definition) is 6. The summed E-state index contributed by atoms with van der Waals surface area (Å²) < 4.78 is 4.99. The van der Waals surface area contributed by atoms with Crippen molar-refractivity contribution in [1.82, 2.24) is 19.8 Å². The summed E-state index contributed by atoms with van der Waals surface area (Å²) in [5, 5.41) is 3.64. The molecule has 27 heavy (non-hydrogen) atoms. The van der Waals surface area contributed by atoms with Gasteiger partial charge in [0.1, 0.15) is 17.8 Å². The summed E-state index contributed by atoms with van der Waals surface area (Å²) in [6.07, 6.45) is 0.985. The van der Waals surface area contributed by atoms with Gasteiger partial charge in [0.25, 0.3) is 5.91 Å². The molecule has 0 bridgehead atoms. The van der Waals surface area contributed by atoms with Crippen molar-refractivity contribution in [3.05, 3.63) is 47.4 Å². The van der Waals surface area contributed by atoms with Crippen LogP contribution in [0.4, 0.5) is 16.3 Å². The molecule has 0 saturated carbocycles. The molecule has 1 aromatic carbocycles. The fourth-order valence-electron chi connectivity index (χ4n) is 2.71. The number of para-hydroxylation sites is 1. The Labute approximate surface area is 162 Å². The van der Waals surface area contributed by atoms with Crippen LogP contribution in [0.25, 0.3) is 0 Å². The number of rotatable bonds is 4. The lowest BCUT2D eigenvalue weighted by Gasteiger charge is -2.33. The molecule has 3 rings (SSSR count). The van der Waals surface area contributed by atoms with Gasteiger partial charge in [0.2, 0.25) is 0 Å². The van der Waals surface area contributed by atoms with E-state index in [1.54, 1.807) is 28.9 Å². The third kappa shape index (κ3) is 4.65. The topological polar surface area (TPSA) is 87.7 Å². The Hall–Kier alpha value is -2.87. The Morgan fingerprint density at radius 3 is 2.56 bits per heavy atom. The third-order valence-corrected chi connectivity index (χ3v) is 4.45. The predicted octanol–water partition coefficient (Wildman–Crippen LogP) is 2.79. The molecule has 0 aliphatic carbocycles. The molecule has 9 heteroatoms. The van der Waals surface area contributed by atoms with E-state index < -0.39 is 0 Å². The quantitative estimate of drug-likeness (QED) is 0.865. The van der Waals surface area contributed by atoms with Gasteiger partial charge in [-0.25, -0.2) is 14.8 Å². The van der Waals surface area contributed by atoms with Crippen LogP contribution in [0, 0.1) is 0 Å². The molecule has 2 amide bonds. The number of halogens is 1. The average molecular weight is 390 g/mol. The van der Waals surface area contributed by atoms with Crippen LogP contribution in [0.15, 0.2) is 36.7 Å². The van der Waals surface area contributed by atoms with E-state index in [2.05, 4.69) is 15.3 Å². The van der Waals surface area contributed by atoms with Crippen molar-refractivity contribution in [3.8, 4) is 0 Å². The standard InChI is InChI=1S/C18H20ClN5O3/c1-2-27-18(26)24-9-7-23(8-10-24)17(25)15-11-16(21-12-20-15)22-14-6-4-3-5-13(14)19/h3-6,11-12H,2,7-10H2,1H3,(H,20,21,22). The van der Waals surface area contributed by atoms with Gasteiger partial charge in [-0.15, -0.1) is 0 Å². The van der Waals surface area contributed by atoms with Crippen molar-refractivity contribution >= 4 is 35.1 Å². The van der Waals surface area contributed by atoms with Gasteiger partial charge in [0, 0.05) is 32.2 Å². The number of anilines is 2. The highest BCUT2D eigenvalue weighted by Gasteiger charge is 2.26. The highest BCUT2D eigenvalue weighted by Crippen LogP contribution is 2.24. The monoisotopic (exact) mass is 389 g/mol. The van der Waals surface area contributed by atoms with E-state index in [1.807, 2.05) is 18.2 Å². The lowest BCUT2D eigenvalue weighted by atomic mass is 10.2. The highest BCUT2D eigenvalue weighted by atomic mass is 35.5. The SMILES string of the molecule is CCOC(=O)N1CCN(C(=O)c2cc(Nc3ccccc3Cl)ncn2)CC1. The van der Waals surface area contributed by atoms with Crippen LogP contribution < -0.4 is 5.32 Å². The molecular formula is C18H20ClN5O3. The second kappa shape index (κ2) is 8.68. The van der Waals surface area contributed by atoms with Crippen LogP contribution in [-0.4, -0.2) is 64.6 Å². The molecule has 0 spiro atoms. The summed E-state index contributed by atoms with van der Waals surface area (Å²) >= 11 is 6.14. The first-order valence-corrected chi connectivity index (χ1v) is 9.01. The number of hydrogen-bond donors (Lipinski definition) is 1. The molecule has 1 fully saturated rings. The molecule has 1 N–H and O–H groups in total. The van der Waals surface area contributed by atoms with Gasteiger partial charge in [0.15, 0.2) is 0 Å². The number of benzene rings is 1. The summed E-state index contributed by atoms with van der Waals surface area (Å²) in [4.78, 5) is 36.0. The number of nitrogens with zero attached hydrogens (tertiary/aromatic N) is 4. The van der Waals surface area contributed by atoms with Gasteiger partial charge >= 0.3 is 6.09 Å². The predicted molar refractivity (Wildman–Crippen MR) is 101 cm³/mol. The number of carbonyl (C=O) groups is 2. The zero-order valence-corrected chi connectivity index (χ0v) is 15.6. The van der Waals surface area contributed by atoms with Gasteiger partial charge in [-0.1, -0.05) is 23.7 Å². The summed E-state index contributed by atoms with van der Waals surface area (Å²) in [6.45, 7) is 3.81. The van der Waals surface area contributed by atoms with E-state index in [-0.39, 0.29) is 17.7 Å². The molecule has 8 nitrogen and oxygen atoms in total. The molecule has 1 aliphatic rings. The fourth-order valence-corrected chi connectivity index (χ4v) is 2.90. The van der Waals surface area contributed by atoms with E-state index in [0.717, 1.165) is 0 Å². The molecule has 0 radical (unpaired) electrons. The summed E-state index contributed by atoms with van der Waals surface area (Å²) in [7, 11) is 0. The van der Waals surface area contributed by atoms with E-state index in [9.17, 15) is 9.59 Å². The van der Waals surface area contributed by atoms with Crippen molar-refractivity contribution in [2.24, 2.45) is 0 Å². The molecule has 2 aromatic rings. The van der Waals surface area contributed by atoms with Crippen LogP contribution >= 0.6 is 11.6 Å². The minimum absolute atomic E-state index is 0.205. The molecule has 0 atom stereocenters. The summed E-state index contributed by atoms with van der Waals surface area (Å²) in [5.74, 6) is 0.273. The number of piperazine rings is 1. The molecule has 142 valence electrons. The van der Waals surface area contributed by atoms with Gasteiger partial charge in [0.05, 0.1) is 17.3 Å². The van der Waals surface area contributed by atoms with Gasteiger partial charge < -0.3 is 19.9 Å². The maximum absolute atomic E-state index is 12.7.